The van der Waals surface area contributed by atoms with Gasteiger partial charge in [0.15, 0.2) is 0 Å². The van der Waals surface area contributed by atoms with Crippen LogP contribution in [-0.2, 0) is 6.61 Å². The molecule has 0 aliphatic carbocycles. The van der Waals surface area contributed by atoms with Crippen molar-refractivity contribution in [1.29, 1.82) is 0 Å². The predicted octanol–water partition coefficient (Wildman–Crippen LogP) is 5.81. The van der Waals surface area contributed by atoms with E-state index in [0.717, 1.165) is 11.1 Å². The molecule has 0 aliphatic rings. The molecule has 0 atom stereocenters. The second-order valence-electron chi connectivity index (χ2n) is 6.30. The molecule has 2 N–H and O–H groups in total. The van der Waals surface area contributed by atoms with Gasteiger partial charge < -0.3 is 14.6 Å². The molecule has 3 rings (SSSR count). The summed E-state index contributed by atoms with van der Waals surface area (Å²) in [4.78, 5) is 12.2. The number of amides is 1. The number of benzene rings is 3. The molecule has 1 amide bonds. The van der Waals surface area contributed by atoms with Crippen LogP contribution in [0.1, 0.15) is 21.5 Å². The van der Waals surface area contributed by atoms with Gasteiger partial charge in [0.1, 0.15) is 23.9 Å². The molecule has 0 fully saturated rings. The summed E-state index contributed by atoms with van der Waals surface area (Å²) in [7, 11) is 1.47. The number of phenolic OH excluding ortho intramolecular Hbond substituents is 1. The summed E-state index contributed by atoms with van der Waals surface area (Å²) in [6, 6.07) is 14.9. The third kappa shape index (κ3) is 6.13. The van der Waals surface area contributed by atoms with Gasteiger partial charge in [0, 0.05) is 21.7 Å². The second kappa shape index (κ2) is 10.5. The minimum Gasteiger partial charge on any atom is -0.507 e. The van der Waals surface area contributed by atoms with E-state index in [0.29, 0.717) is 26.0 Å². The highest BCUT2D eigenvalue weighted by Crippen LogP contribution is 2.28. The summed E-state index contributed by atoms with van der Waals surface area (Å²) in [6.45, 7) is 0.281. The molecule has 0 aliphatic heterocycles. The van der Waals surface area contributed by atoms with Crippen LogP contribution in [0, 0.1) is 0 Å². The monoisotopic (exact) mass is 522 g/mol. The number of methoxy groups -OCH3 is 1. The fourth-order valence-electron chi connectivity index (χ4n) is 2.56. The van der Waals surface area contributed by atoms with Gasteiger partial charge in [0.2, 0.25) is 0 Å². The molecular formula is C22H17BrCl2N2O4. The first-order chi connectivity index (χ1) is 14.9. The van der Waals surface area contributed by atoms with Crippen molar-refractivity contribution < 1.29 is 19.4 Å². The average molecular weight is 524 g/mol. The summed E-state index contributed by atoms with van der Waals surface area (Å²) < 4.78 is 11.5. The zero-order valence-corrected chi connectivity index (χ0v) is 19.3. The number of carbonyl (C=O) groups is 1. The molecule has 0 radical (unpaired) electrons. The lowest BCUT2D eigenvalue weighted by atomic mass is 10.2. The van der Waals surface area contributed by atoms with E-state index >= 15 is 0 Å². The molecule has 6 nitrogen and oxygen atoms in total. The van der Waals surface area contributed by atoms with Gasteiger partial charge in [-0.1, -0.05) is 29.3 Å². The number of hydrazone groups is 1. The highest BCUT2D eigenvalue weighted by molar-refractivity contribution is 9.10. The number of nitrogens with zero attached hydrogens (tertiary/aromatic N) is 1. The Morgan fingerprint density at radius 1 is 1.16 bits per heavy atom. The van der Waals surface area contributed by atoms with Gasteiger partial charge in [-0.15, -0.1) is 0 Å². The smallest absolute Gasteiger partial charge is 0.275 e. The number of phenols is 1. The van der Waals surface area contributed by atoms with E-state index in [2.05, 4.69) is 26.5 Å². The molecule has 0 heterocycles. The molecule has 3 aromatic rings. The zero-order chi connectivity index (χ0) is 22.4. The van der Waals surface area contributed by atoms with Gasteiger partial charge >= 0.3 is 0 Å². The van der Waals surface area contributed by atoms with Crippen molar-refractivity contribution in [3.63, 3.8) is 0 Å². The fraction of sp³-hybridized carbons (Fsp3) is 0.0909. The minimum absolute atomic E-state index is 0.0868. The van der Waals surface area contributed by atoms with Gasteiger partial charge in [0.05, 0.1) is 23.4 Å². The van der Waals surface area contributed by atoms with Crippen molar-refractivity contribution in [3.8, 4) is 17.2 Å². The standard InChI is InChI=1S/C22H17BrCl2N2O4/c1-30-16-5-6-17(20(28)10-16)22(29)27-26-11-13-2-7-21(18(23)8-13)31-12-14-3-4-15(24)9-19(14)25/h2-11,28H,12H2,1H3,(H,27,29)/b26-11-. The van der Waals surface area contributed by atoms with Gasteiger partial charge in [0.25, 0.3) is 5.91 Å². The molecular weight excluding hydrogens is 507 g/mol. The molecule has 0 saturated heterocycles. The van der Waals surface area contributed by atoms with Crippen molar-refractivity contribution >= 4 is 51.3 Å². The topological polar surface area (TPSA) is 80.2 Å². The van der Waals surface area contributed by atoms with Crippen molar-refractivity contribution in [2.24, 2.45) is 5.10 Å². The first-order valence-electron chi connectivity index (χ1n) is 8.94. The molecule has 0 aromatic heterocycles. The maximum Gasteiger partial charge on any atom is 0.275 e. The van der Waals surface area contributed by atoms with Crippen molar-refractivity contribution in [1.82, 2.24) is 5.43 Å². The quantitative estimate of drug-likeness (QED) is 0.302. The van der Waals surface area contributed by atoms with E-state index in [4.69, 9.17) is 32.7 Å². The highest BCUT2D eigenvalue weighted by Gasteiger charge is 2.11. The van der Waals surface area contributed by atoms with E-state index in [9.17, 15) is 9.90 Å². The molecule has 0 bridgehead atoms. The van der Waals surface area contributed by atoms with E-state index in [-0.39, 0.29) is 17.9 Å². The lowest BCUT2D eigenvalue weighted by molar-refractivity contribution is 0.0952. The van der Waals surface area contributed by atoms with Crippen molar-refractivity contribution in [2.75, 3.05) is 7.11 Å². The van der Waals surface area contributed by atoms with Crippen LogP contribution < -0.4 is 14.9 Å². The first-order valence-corrected chi connectivity index (χ1v) is 10.5. The Kier molecular flexibility index (Phi) is 7.79. The number of ether oxygens (including phenoxy) is 2. The van der Waals surface area contributed by atoms with E-state index < -0.39 is 5.91 Å². The maximum absolute atomic E-state index is 12.2. The number of hydrogen-bond acceptors (Lipinski definition) is 5. The fourth-order valence-corrected chi connectivity index (χ4v) is 3.54. The number of aromatic hydroxyl groups is 1. The second-order valence-corrected chi connectivity index (χ2v) is 7.99. The van der Waals surface area contributed by atoms with Crippen LogP contribution in [0.25, 0.3) is 0 Å². The van der Waals surface area contributed by atoms with Crippen LogP contribution in [0.4, 0.5) is 0 Å². The number of halogens is 3. The zero-order valence-electron chi connectivity index (χ0n) is 16.2. The molecule has 160 valence electrons. The van der Waals surface area contributed by atoms with Crippen LogP contribution in [0.3, 0.4) is 0 Å². The Bertz CT molecular complexity index is 1140. The molecule has 0 spiro atoms. The average Bonchev–Trinajstić information content (AvgIpc) is 2.74. The number of nitrogens with one attached hydrogen (secondary N) is 1. The van der Waals surface area contributed by atoms with Crippen LogP contribution in [0.2, 0.25) is 10.0 Å². The number of hydrogen-bond donors (Lipinski definition) is 2. The van der Waals surface area contributed by atoms with Crippen LogP contribution in [0.5, 0.6) is 17.2 Å². The van der Waals surface area contributed by atoms with E-state index in [1.165, 1.54) is 25.5 Å². The molecule has 31 heavy (non-hydrogen) atoms. The van der Waals surface area contributed by atoms with E-state index in [1.807, 2.05) is 6.07 Å². The molecule has 0 saturated carbocycles. The number of carbonyl (C=O) groups excluding carboxylic acids is 1. The Hall–Kier alpha value is -2.74. The lowest BCUT2D eigenvalue weighted by Crippen LogP contribution is -2.17. The Balaban J connectivity index is 1.60. The summed E-state index contributed by atoms with van der Waals surface area (Å²) in [5, 5.41) is 14.9. The van der Waals surface area contributed by atoms with Crippen molar-refractivity contribution in [2.45, 2.75) is 6.61 Å². The van der Waals surface area contributed by atoms with Crippen LogP contribution in [0.15, 0.2) is 64.2 Å². The van der Waals surface area contributed by atoms with Crippen LogP contribution >= 0.6 is 39.1 Å². The van der Waals surface area contributed by atoms with Crippen molar-refractivity contribution in [3.05, 3.63) is 85.8 Å². The summed E-state index contributed by atoms with van der Waals surface area (Å²) >= 11 is 15.5. The van der Waals surface area contributed by atoms with Crippen LogP contribution in [-0.4, -0.2) is 24.3 Å². The molecule has 9 heteroatoms. The summed E-state index contributed by atoms with van der Waals surface area (Å²) in [6.07, 6.45) is 1.48. The normalized spacial score (nSPS) is 10.8. The Labute approximate surface area is 197 Å². The summed E-state index contributed by atoms with van der Waals surface area (Å²) in [5.74, 6) is 0.325. The lowest BCUT2D eigenvalue weighted by Gasteiger charge is -2.10. The van der Waals surface area contributed by atoms with E-state index in [1.54, 1.807) is 36.4 Å². The predicted molar refractivity (Wildman–Crippen MR) is 125 cm³/mol. The molecule has 3 aromatic carbocycles. The third-order valence-corrected chi connectivity index (χ3v) is 5.39. The van der Waals surface area contributed by atoms with Gasteiger partial charge in [-0.2, -0.15) is 5.10 Å². The Morgan fingerprint density at radius 3 is 2.65 bits per heavy atom. The third-order valence-electron chi connectivity index (χ3n) is 4.18. The van der Waals surface area contributed by atoms with Gasteiger partial charge in [-0.25, -0.2) is 5.43 Å². The van der Waals surface area contributed by atoms with Gasteiger partial charge in [-0.05, 0) is 64.0 Å². The first kappa shape index (κ1) is 22.9. The van der Waals surface area contributed by atoms with Gasteiger partial charge in [-0.3, -0.25) is 4.79 Å². The largest absolute Gasteiger partial charge is 0.507 e. The number of rotatable bonds is 7. The maximum atomic E-state index is 12.2. The SMILES string of the molecule is COc1ccc(C(=O)N/N=C\c2ccc(OCc3ccc(Cl)cc3Cl)c(Br)c2)c(O)c1. The Morgan fingerprint density at radius 2 is 1.97 bits per heavy atom. The highest BCUT2D eigenvalue weighted by atomic mass is 79.9. The molecule has 0 unspecified atom stereocenters. The summed E-state index contributed by atoms with van der Waals surface area (Å²) in [5.41, 5.74) is 4.00. The minimum atomic E-state index is -0.546.